The second-order valence-corrected chi connectivity index (χ2v) is 4.37. The van der Waals surface area contributed by atoms with Crippen LogP contribution in [0.25, 0.3) is 0 Å². The first kappa shape index (κ1) is 11.1. The van der Waals surface area contributed by atoms with Crippen LogP contribution >= 0.6 is 0 Å². The number of nitrogens with two attached hydrogens (primary N) is 1. The lowest BCUT2D eigenvalue weighted by Gasteiger charge is -2.21. The predicted octanol–water partition coefficient (Wildman–Crippen LogP) is 2.19. The molecule has 0 radical (unpaired) electrons. The Morgan fingerprint density at radius 2 is 2.31 bits per heavy atom. The van der Waals surface area contributed by atoms with Crippen molar-refractivity contribution >= 4 is 11.5 Å². The van der Waals surface area contributed by atoms with Crippen molar-refractivity contribution in [1.82, 2.24) is 0 Å². The number of aryl methyl sites for hydroxylation is 1. The molecule has 1 unspecified atom stereocenters. The SMILES string of the molecule is Cc1ccc(N)c(C(=O)C2CCCOC2)c1. The number of ether oxygens (including phenoxy) is 1. The lowest BCUT2D eigenvalue weighted by atomic mass is 9.91. The highest BCUT2D eigenvalue weighted by atomic mass is 16.5. The zero-order valence-electron chi connectivity index (χ0n) is 9.53. The van der Waals surface area contributed by atoms with Crippen molar-refractivity contribution in [2.24, 2.45) is 5.92 Å². The Bertz CT molecular complexity index is 395. The van der Waals surface area contributed by atoms with Crippen LogP contribution in [-0.4, -0.2) is 19.0 Å². The molecule has 1 fully saturated rings. The van der Waals surface area contributed by atoms with Crippen molar-refractivity contribution in [3.8, 4) is 0 Å². The quantitative estimate of drug-likeness (QED) is 0.612. The van der Waals surface area contributed by atoms with E-state index in [0.29, 0.717) is 17.9 Å². The van der Waals surface area contributed by atoms with E-state index in [1.807, 2.05) is 19.1 Å². The summed E-state index contributed by atoms with van der Waals surface area (Å²) in [4.78, 5) is 12.2. The zero-order valence-corrected chi connectivity index (χ0v) is 9.53. The number of hydrogen-bond donors (Lipinski definition) is 1. The predicted molar refractivity (Wildman–Crippen MR) is 63.5 cm³/mol. The summed E-state index contributed by atoms with van der Waals surface area (Å²) in [5.74, 6) is 0.110. The largest absolute Gasteiger partial charge is 0.398 e. The molecule has 3 nitrogen and oxygen atoms in total. The Kier molecular flexibility index (Phi) is 3.25. The average molecular weight is 219 g/mol. The minimum Gasteiger partial charge on any atom is -0.398 e. The molecule has 1 aromatic carbocycles. The molecule has 1 heterocycles. The summed E-state index contributed by atoms with van der Waals surface area (Å²) in [7, 11) is 0. The molecule has 1 aliphatic rings. The molecule has 0 aliphatic carbocycles. The fraction of sp³-hybridized carbons (Fsp3) is 0.462. The Balaban J connectivity index is 2.22. The van der Waals surface area contributed by atoms with Crippen molar-refractivity contribution < 1.29 is 9.53 Å². The Morgan fingerprint density at radius 3 is 3.00 bits per heavy atom. The zero-order chi connectivity index (χ0) is 11.5. The van der Waals surface area contributed by atoms with Crippen LogP contribution in [0.3, 0.4) is 0 Å². The van der Waals surface area contributed by atoms with Gasteiger partial charge in [-0.25, -0.2) is 0 Å². The number of hydrogen-bond acceptors (Lipinski definition) is 3. The van der Waals surface area contributed by atoms with E-state index in [2.05, 4.69) is 0 Å². The lowest BCUT2D eigenvalue weighted by molar-refractivity contribution is 0.0462. The molecule has 16 heavy (non-hydrogen) atoms. The number of carbonyl (C=O) groups excluding carboxylic acids is 1. The average Bonchev–Trinajstić information content (AvgIpc) is 2.32. The second-order valence-electron chi connectivity index (χ2n) is 4.37. The van der Waals surface area contributed by atoms with E-state index in [1.54, 1.807) is 6.07 Å². The number of nitrogen functional groups attached to an aromatic ring is 1. The standard InChI is InChI=1S/C13H17NO2/c1-9-4-5-12(14)11(7-9)13(15)10-3-2-6-16-8-10/h4-5,7,10H,2-3,6,8,14H2,1H3. The third-order valence-electron chi connectivity index (χ3n) is 3.01. The van der Waals surface area contributed by atoms with Crippen LogP contribution in [0.15, 0.2) is 18.2 Å². The van der Waals surface area contributed by atoms with Crippen molar-refractivity contribution in [1.29, 1.82) is 0 Å². The summed E-state index contributed by atoms with van der Waals surface area (Å²) in [6.45, 7) is 3.27. The molecule has 2 rings (SSSR count). The number of benzene rings is 1. The van der Waals surface area contributed by atoms with E-state index in [0.717, 1.165) is 25.0 Å². The van der Waals surface area contributed by atoms with E-state index in [9.17, 15) is 4.79 Å². The van der Waals surface area contributed by atoms with E-state index in [-0.39, 0.29) is 11.7 Å². The summed E-state index contributed by atoms with van der Waals surface area (Å²) in [5, 5.41) is 0. The van der Waals surface area contributed by atoms with Gasteiger partial charge < -0.3 is 10.5 Å². The summed E-state index contributed by atoms with van der Waals surface area (Å²) in [6.07, 6.45) is 1.87. The van der Waals surface area contributed by atoms with Crippen LogP contribution in [0.2, 0.25) is 0 Å². The van der Waals surface area contributed by atoms with Gasteiger partial charge in [0.05, 0.1) is 6.61 Å². The maximum Gasteiger partial charge on any atom is 0.170 e. The molecule has 1 saturated heterocycles. The second kappa shape index (κ2) is 4.66. The molecule has 86 valence electrons. The van der Waals surface area contributed by atoms with Crippen LogP contribution in [0, 0.1) is 12.8 Å². The maximum atomic E-state index is 12.2. The van der Waals surface area contributed by atoms with Crippen LogP contribution in [0.5, 0.6) is 0 Å². The van der Waals surface area contributed by atoms with E-state index < -0.39 is 0 Å². The van der Waals surface area contributed by atoms with Crippen molar-refractivity contribution in [3.63, 3.8) is 0 Å². The van der Waals surface area contributed by atoms with Gasteiger partial charge in [0.2, 0.25) is 0 Å². The fourth-order valence-electron chi connectivity index (χ4n) is 2.05. The third-order valence-corrected chi connectivity index (χ3v) is 3.01. The third kappa shape index (κ3) is 2.25. The Hall–Kier alpha value is -1.35. The molecule has 3 heteroatoms. The number of ketones is 1. The van der Waals surface area contributed by atoms with E-state index >= 15 is 0 Å². The molecule has 1 atom stereocenters. The van der Waals surface area contributed by atoms with Gasteiger partial charge in [0.15, 0.2) is 5.78 Å². The van der Waals surface area contributed by atoms with Gasteiger partial charge in [0.25, 0.3) is 0 Å². The van der Waals surface area contributed by atoms with E-state index in [1.165, 1.54) is 0 Å². The number of Topliss-reactive ketones (excluding diaryl/α,β-unsaturated/α-hetero) is 1. The monoisotopic (exact) mass is 219 g/mol. The van der Waals surface area contributed by atoms with Gasteiger partial charge >= 0.3 is 0 Å². The van der Waals surface area contributed by atoms with Crippen molar-refractivity contribution in [3.05, 3.63) is 29.3 Å². The summed E-state index contributed by atoms with van der Waals surface area (Å²) in [5.41, 5.74) is 8.12. The summed E-state index contributed by atoms with van der Waals surface area (Å²) in [6, 6.07) is 5.59. The fourth-order valence-corrected chi connectivity index (χ4v) is 2.05. The van der Waals surface area contributed by atoms with Gasteiger partial charge in [-0.1, -0.05) is 11.6 Å². The first-order valence-electron chi connectivity index (χ1n) is 5.66. The molecule has 1 aliphatic heterocycles. The number of rotatable bonds is 2. The molecular weight excluding hydrogens is 202 g/mol. The van der Waals surface area contributed by atoms with Crippen LogP contribution < -0.4 is 5.73 Å². The molecule has 0 bridgehead atoms. The van der Waals surface area contributed by atoms with E-state index in [4.69, 9.17) is 10.5 Å². The van der Waals surface area contributed by atoms with Gasteiger partial charge in [-0.2, -0.15) is 0 Å². The smallest absolute Gasteiger partial charge is 0.170 e. The highest BCUT2D eigenvalue weighted by Crippen LogP contribution is 2.23. The van der Waals surface area contributed by atoms with Gasteiger partial charge in [-0.15, -0.1) is 0 Å². The molecule has 0 spiro atoms. The summed E-state index contributed by atoms with van der Waals surface area (Å²) >= 11 is 0. The highest BCUT2D eigenvalue weighted by molar-refractivity contribution is 6.02. The van der Waals surface area contributed by atoms with Gasteiger partial charge in [-0.3, -0.25) is 4.79 Å². The van der Waals surface area contributed by atoms with Crippen LogP contribution in [-0.2, 0) is 4.74 Å². The van der Waals surface area contributed by atoms with Crippen LogP contribution in [0.4, 0.5) is 5.69 Å². The molecule has 2 N–H and O–H groups in total. The summed E-state index contributed by atoms with van der Waals surface area (Å²) < 4.78 is 5.33. The lowest BCUT2D eigenvalue weighted by Crippen LogP contribution is -2.26. The van der Waals surface area contributed by atoms with Gasteiger partial charge in [0.1, 0.15) is 0 Å². The topological polar surface area (TPSA) is 52.3 Å². The Labute approximate surface area is 95.6 Å². The van der Waals surface area contributed by atoms with Crippen molar-refractivity contribution in [2.45, 2.75) is 19.8 Å². The minimum atomic E-state index is -0.0159. The van der Waals surface area contributed by atoms with Crippen LogP contribution in [0.1, 0.15) is 28.8 Å². The van der Waals surface area contributed by atoms with Gasteiger partial charge in [0, 0.05) is 23.8 Å². The molecule has 0 saturated carbocycles. The first-order chi connectivity index (χ1) is 7.68. The maximum absolute atomic E-state index is 12.2. The highest BCUT2D eigenvalue weighted by Gasteiger charge is 2.24. The van der Waals surface area contributed by atoms with Gasteiger partial charge in [-0.05, 0) is 31.9 Å². The first-order valence-corrected chi connectivity index (χ1v) is 5.66. The molecule has 0 aromatic heterocycles. The normalized spacial score (nSPS) is 20.7. The Morgan fingerprint density at radius 1 is 1.50 bits per heavy atom. The minimum absolute atomic E-state index is 0.0159. The molecule has 1 aromatic rings. The molecule has 0 amide bonds. The van der Waals surface area contributed by atoms with Crippen molar-refractivity contribution in [2.75, 3.05) is 18.9 Å². The number of carbonyl (C=O) groups is 1. The number of anilines is 1. The molecular formula is C13H17NO2.